The number of hydrogen-bond donors (Lipinski definition) is 4. The fourth-order valence-electron chi connectivity index (χ4n) is 5.84. The van der Waals surface area contributed by atoms with E-state index < -0.39 is 96.5 Å². The lowest BCUT2D eigenvalue weighted by molar-refractivity contribution is -0.214. The molecule has 1 aliphatic heterocycles. The van der Waals surface area contributed by atoms with Gasteiger partial charge in [-0.3, -0.25) is 9.78 Å². The summed E-state index contributed by atoms with van der Waals surface area (Å²) in [5, 5.41) is 50.6. The van der Waals surface area contributed by atoms with E-state index in [1.807, 2.05) is 0 Å². The number of amides is 1. The molecule has 1 aliphatic carbocycles. The van der Waals surface area contributed by atoms with Crippen LogP contribution in [0.2, 0.25) is 0 Å². The van der Waals surface area contributed by atoms with Gasteiger partial charge in [-0.25, -0.2) is 17.9 Å². The van der Waals surface area contributed by atoms with E-state index in [9.17, 15) is 51.6 Å². The number of carbonyl (C=O) groups excluding carboxylic acids is 1. The van der Waals surface area contributed by atoms with Crippen LogP contribution in [0.25, 0.3) is 11.3 Å². The molecule has 0 radical (unpaired) electrons. The van der Waals surface area contributed by atoms with Crippen LogP contribution in [0.4, 0.5) is 26.3 Å². The lowest BCUT2D eigenvalue weighted by Gasteiger charge is -2.45. The zero-order valence-corrected chi connectivity index (χ0v) is 23.4. The van der Waals surface area contributed by atoms with Gasteiger partial charge in [0.1, 0.15) is 30.0 Å². The summed E-state index contributed by atoms with van der Waals surface area (Å²) < 4.78 is 89.0. The minimum Gasteiger partial charge on any atom is -0.394 e. The van der Waals surface area contributed by atoms with Gasteiger partial charge in [-0.2, -0.15) is 13.2 Å². The van der Waals surface area contributed by atoms with Crippen molar-refractivity contribution in [2.75, 3.05) is 6.61 Å². The lowest BCUT2D eigenvalue weighted by atomic mass is 9.88. The highest BCUT2D eigenvalue weighted by atomic mass is 19.4. The molecular weight excluding hydrogens is 616 g/mol. The predicted octanol–water partition coefficient (Wildman–Crippen LogP) is 2.13. The summed E-state index contributed by atoms with van der Waals surface area (Å²) in [5.41, 5.74) is -2.07. The quantitative estimate of drug-likeness (QED) is 0.224. The number of halogens is 6. The van der Waals surface area contributed by atoms with E-state index >= 15 is 0 Å². The third-order valence-corrected chi connectivity index (χ3v) is 8.12. The number of ether oxygens (including phenoxy) is 1. The molecule has 244 valence electrons. The third-order valence-electron chi connectivity index (χ3n) is 8.12. The number of carbonyl (C=O) groups is 1. The number of aliphatic hydroxyl groups excluding tert-OH is 4. The maximum atomic E-state index is 14.1. The van der Waals surface area contributed by atoms with Gasteiger partial charge in [0, 0.05) is 11.8 Å². The monoisotopic (exact) mass is 645 g/mol. The average Bonchev–Trinajstić information content (AvgIpc) is 3.48. The smallest absolute Gasteiger partial charge is 0.394 e. The van der Waals surface area contributed by atoms with Crippen molar-refractivity contribution in [3.05, 3.63) is 65.4 Å². The van der Waals surface area contributed by atoms with Gasteiger partial charge >= 0.3 is 6.18 Å². The van der Waals surface area contributed by atoms with Crippen molar-refractivity contribution in [3.8, 4) is 11.3 Å². The Hall–Kier alpha value is -3.64. The molecule has 45 heavy (non-hydrogen) atoms. The Balaban J connectivity index is 1.50. The molecule has 2 fully saturated rings. The molecule has 11 nitrogen and oxygen atoms in total. The molecule has 5 rings (SSSR count). The van der Waals surface area contributed by atoms with Crippen molar-refractivity contribution in [1.82, 2.24) is 24.9 Å². The molecule has 17 heteroatoms. The highest BCUT2D eigenvalue weighted by molar-refractivity contribution is 5.82. The van der Waals surface area contributed by atoms with Crippen molar-refractivity contribution < 1.29 is 56.3 Å². The Labute approximate surface area is 251 Å². The first-order valence-electron chi connectivity index (χ1n) is 14.0. The van der Waals surface area contributed by atoms with E-state index in [0.717, 1.165) is 34.1 Å². The number of nitrogens with zero attached hydrogens (tertiary/aromatic N) is 5. The molecule has 1 saturated carbocycles. The van der Waals surface area contributed by atoms with Crippen LogP contribution in [0.15, 0.2) is 36.7 Å². The topological polar surface area (TPSA) is 154 Å². The van der Waals surface area contributed by atoms with Gasteiger partial charge in [-0.05, 0) is 37.1 Å². The van der Waals surface area contributed by atoms with Crippen LogP contribution in [0, 0.1) is 17.5 Å². The van der Waals surface area contributed by atoms with E-state index in [-0.39, 0.29) is 24.1 Å². The second-order valence-electron chi connectivity index (χ2n) is 11.0. The molecule has 2 aromatic heterocycles. The van der Waals surface area contributed by atoms with Crippen LogP contribution in [-0.2, 0) is 22.3 Å². The number of alkyl halides is 3. The first-order valence-corrected chi connectivity index (χ1v) is 14.0. The van der Waals surface area contributed by atoms with Crippen LogP contribution < -0.4 is 0 Å². The summed E-state index contributed by atoms with van der Waals surface area (Å²) in [4.78, 5) is 18.9. The Bertz CT molecular complexity index is 1500. The Morgan fingerprint density at radius 3 is 2.40 bits per heavy atom. The molecule has 1 aromatic carbocycles. The van der Waals surface area contributed by atoms with Crippen LogP contribution in [0.5, 0.6) is 0 Å². The van der Waals surface area contributed by atoms with Crippen LogP contribution >= 0.6 is 0 Å². The Kier molecular flexibility index (Phi) is 9.46. The van der Waals surface area contributed by atoms with Crippen molar-refractivity contribution in [3.63, 3.8) is 0 Å². The van der Waals surface area contributed by atoms with E-state index in [4.69, 9.17) is 4.74 Å². The second-order valence-corrected chi connectivity index (χ2v) is 11.0. The van der Waals surface area contributed by atoms with Crippen LogP contribution in [0.1, 0.15) is 43.0 Å². The van der Waals surface area contributed by atoms with E-state index in [0.29, 0.717) is 25.0 Å². The molecule has 3 heterocycles. The van der Waals surface area contributed by atoms with Gasteiger partial charge in [0.2, 0.25) is 0 Å². The summed E-state index contributed by atoms with van der Waals surface area (Å²) in [5.74, 6) is -5.79. The van der Waals surface area contributed by atoms with E-state index in [1.54, 1.807) is 0 Å². The summed E-state index contributed by atoms with van der Waals surface area (Å²) in [6.07, 6.45) is -9.24. The normalized spacial score (nSPS) is 27.4. The van der Waals surface area contributed by atoms with E-state index in [1.165, 1.54) is 0 Å². The van der Waals surface area contributed by atoms with Crippen molar-refractivity contribution in [2.45, 2.75) is 81.0 Å². The van der Waals surface area contributed by atoms with Crippen LogP contribution in [0.3, 0.4) is 0 Å². The van der Waals surface area contributed by atoms with Crippen LogP contribution in [-0.4, -0.2) is 94.4 Å². The molecular formula is C28H29F6N5O6. The minimum atomic E-state index is -4.82. The molecule has 0 bridgehead atoms. The second kappa shape index (κ2) is 13.0. The maximum absolute atomic E-state index is 14.1. The summed E-state index contributed by atoms with van der Waals surface area (Å²) in [6.45, 7) is -1.58. The number of aliphatic hydroxyl groups is 4. The SMILES string of the molecule is O=C([C@@H]1O[C@H](CO)[C@H](O)[C@H](n2cc(-c3cc(F)c(F)c(F)c3)nn2)[C@H]1O)N(Cc1ncccc1C(F)(F)F)[C@H]1CCCC[C@@H]1O. The first kappa shape index (κ1) is 32.7. The van der Waals surface area contributed by atoms with Gasteiger partial charge in [-0.1, -0.05) is 18.1 Å². The largest absolute Gasteiger partial charge is 0.418 e. The van der Waals surface area contributed by atoms with Gasteiger partial charge in [0.25, 0.3) is 5.91 Å². The van der Waals surface area contributed by atoms with Gasteiger partial charge < -0.3 is 30.1 Å². The number of hydrogen-bond acceptors (Lipinski definition) is 9. The zero-order chi connectivity index (χ0) is 32.6. The highest BCUT2D eigenvalue weighted by Crippen LogP contribution is 2.36. The van der Waals surface area contributed by atoms with E-state index in [2.05, 4.69) is 15.3 Å². The molecule has 7 atom stereocenters. The highest BCUT2D eigenvalue weighted by Gasteiger charge is 2.51. The van der Waals surface area contributed by atoms with Gasteiger partial charge in [0.05, 0.1) is 42.8 Å². The maximum Gasteiger partial charge on any atom is 0.418 e. The van der Waals surface area contributed by atoms with Crippen molar-refractivity contribution >= 4 is 5.91 Å². The molecule has 0 unspecified atom stereocenters. The molecule has 3 aromatic rings. The average molecular weight is 646 g/mol. The molecule has 0 spiro atoms. The van der Waals surface area contributed by atoms with Gasteiger partial charge in [-0.15, -0.1) is 5.10 Å². The lowest BCUT2D eigenvalue weighted by Crippen LogP contribution is -2.62. The standard InChI is InChI=1S/C28H29F6N5O6/c29-15-8-13(9-16(30)22(15)31)17-11-39(37-36-17)23-24(42)21(12-40)45-26(25(23)43)27(44)38(19-5-1-2-6-20(19)41)10-18-14(28(32,33)34)4-3-7-35-18/h3-4,7-9,11,19-21,23-26,40-43H,1-2,5-6,10,12H2/t19-,20-,21+,23-,24-,25+,26+/m0/s1. The Morgan fingerprint density at radius 1 is 1.07 bits per heavy atom. The fourth-order valence-corrected chi connectivity index (χ4v) is 5.84. The molecule has 1 amide bonds. The predicted molar refractivity (Wildman–Crippen MR) is 140 cm³/mol. The number of pyridine rings is 1. The minimum absolute atomic E-state index is 0.205. The zero-order valence-electron chi connectivity index (χ0n) is 23.4. The summed E-state index contributed by atoms with van der Waals surface area (Å²) >= 11 is 0. The van der Waals surface area contributed by atoms with Gasteiger partial charge in [0.15, 0.2) is 23.6 Å². The number of aromatic nitrogens is 4. The third kappa shape index (κ3) is 6.53. The molecule has 1 saturated heterocycles. The fraction of sp³-hybridized carbons (Fsp3) is 0.500. The summed E-state index contributed by atoms with van der Waals surface area (Å²) in [7, 11) is 0. The van der Waals surface area contributed by atoms with Crippen molar-refractivity contribution in [2.24, 2.45) is 0 Å². The number of benzene rings is 1. The first-order chi connectivity index (χ1) is 21.3. The number of rotatable bonds is 7. The molecule has 4 N–H and O–H groups in total. The van der Waals surface area contributed by atoms with Crippen molar-refractivity contribution in [1.29, 1.82) is 0 Å². The summed E-state index contributed by atoms with van der Waals surface area (Å²) in [6, 6.07) is 0.619. The Morgan fingerprint density at radius 2 is 1.76 bits per heavy atom. The molecule has 2 aliphatic rings.